The summed E-state index contributed by atoms with van der Waals surface area (Å²) in [6.45, 7) is 0. The van der Waals surface area contributed by atoms with Crippen LogP contribution < -0.4 is 0 Å². The predicted molar refractivity (Wildman–Crippen MR) is 62.7 cm³/mol. The van der Waals surface area contributed by atoms with Gasteiger partial charge in [0.1, 0.15) is 0 Å². The summed E-state index contributed by atoms with van der Waals surface area (Å²) >= 11 is 0. The maximum Gasteiger partial charge on any atom is 0.232 e. The van der Waals surface area contributed by atoms with Gasteiger partial charge in [0.25, 0.3) is 0 Å². The normalized spacial score (nSPS) is 30.9. The van der Waals surface area contributed by atoms with Crippen molar-refractivity contribution in [1.82, 2.24) is 10.1 Å². The Bertz CT molecular complexity index is 371. The predicted octanol–water partition coefficient (Wildman–Crippen LogP) is 2.75. The molecule has 3 rings (SSSR count). The minimum absolute atomic E-state index is 0.0832. The second-order valence-corrected chi connectivity index (χ2v) is 5.43. The van der Waals surface area contributed by atoms with Crippen LogP contribution in [0.3, 0.4) is 0 Å². The van der Waals surface area contributed by atoms with E-state index in [0.29, 0.717) is 11.8 Å². The van der Waals surface area contributed by atoms with Crippen LogP contribution in [-0.2, 0) is 0 Å². The van der Waals surface area contributed by atoms with Crippen LogP contribution in [-0.4, -0.2) is 21.4 Å². The Morgan fingerprint density at radius 1 is 1.00 bits per heavy atom. The van der Waals surface area contributed by atoms with Gasteiger partial charge in [-0.3, -0.25) is 0 Å². The first kappa shape index (κ1) is 11.2. The third-order valence-electron chi connectivity index (χ3n) is 4.22. The Hall–Kier alpha value is -0.900. The fraction of sp³-hybridized carbons (Fsp3) is 0.846. The van der Waals surface area contributed by atoms with Crippen molar-refractivity contribution in [3.63, 3.8) is 0 Å². The van der Waals surface area contributed by atoms with E-state index in [1.54, 1.807) is 0 Å². The lowest BCUT2D eigenvalue weighted by atomic mass is 9.89. The molecule has 1 heterocycles. The van der Waals surface area contributed by atoms with Crippen LogP contribution in [0.4, 0.5) is 0 Å². The highest BCUT2D eigenvalue weighted by atomic mass is 16.5. The Kier molecular flexibility index (Phi) is 3.14. The molecular formula is C13H20N2O2. The van der Waals surface area contributed by atoms with Gasteiger partial charge in [0, 0.05) is 5.92 Å². The Morgan fingerprint density at radius 3 is 2.53 bits per heavy atom. The minimum Gasteiger partial charge on any atom is -0.392 e. The van der Waals surface area contributed by atoms with E-state index in [1.807, 2.05) is 0 Å². The molecule has 0 bridgehead atoms. The van der Waals surface area contributed by atoms with Gasteiger partial charge in [-0.05, 0) is 32.1 Å². The van der Waals surface area contributed by atoms with Gasteiger partial charge >= 0.3 is 0 Å². The zero-order valence-electron chi connectivity index (χ0n) is 10.1. The van der Waals surface area contributed by atoms with Gasteiger partial charge in [-0.15, -0.1) is 0 Å². The Balaban J connectivity index is 1.73. The SMILES string of the molecule is OC1CCCC1c1nc(C2CCCCC2)no1. The lowest BCUT2D eigenvalue weighted by Gasteiger charge is -2.17. The molecule has 0 spiro atoms. The fourth-order valence-electron chi connectivity index (χ4n) is 3.15. The standard InChI is InChI=1S/C13H20N2O2/c16-11-8-4-7-10(11)13-14-12(15-17-13)9-5-2-1-3-6-9/h9-11,16H,1-8H2. The van der Waals surface area contributed by atoms with Crippen molar-refractivity contribution in [3.8, 4) is 0 Å². The van der Waals surface area contributed by atoms with Crippen molar-refractivity contribution in [3.05, 3.63) is 11.7 Å². The molecule has 1 N–H and O–H groups in total. The van der Waals surface area contributed by atoms with Crippen LogP contribution in [0.5, 0.6) is 0 Å². The summed E-state index contributed by atoms with van der Waals surface area (Å²) in [5, 5.41) is 14.0. The Morgan fingerprint density at radius 2 is 1.82 bits per heavy atom. The van der Waals surface area contributed by atoms with E-state index in [4.69, 9.17) is 4.52 Å². The highest BCUT2D eigenvalue weighted by Crippen LogP contribution is 2.36. The van der Waals surface area contributed by atoms with Crippen LogP contribution in [0, 0.1) is 0 Å². The third-order valence-corrected chi connectivity index (χ3v) is 4.22. The molecule has 0 aliphatic heterocycles. The first-order valence-corrected chi connectivity index (χ1v) is 6.86. The molecule has 4 nitrogen and oxygen atoms in total. The van der Waals surface area contributed by atoms with Gasteiger partial charge in [-0.1, -0.05) is 24.4 Å². The molecule has 1 aromatic heterocycles. The van der Waals surface area contributed by atoms with E-state index >= 15 is 0 Å². The fourth-order valence-corrected chi connectivity index (χ4v) is 3.15. The molecule has 2 fully saturated rings. The second kappa shape index (κ2) is 4.77. The first-order chi connectivity index (χ1) is 8.34. The molecule has 4 heteroatoms. The van der Waals surface area contributed by atoms with E-state index in [-0.39, 0.29) is 12.0 Å². The van der Waals surface area contributed by atoms with Crippen molar-refractivity contribution in [1.29, 1.82) is 0 Å². The summed E-state index contributed by atoms with van der Waals surface area (Å²) < 4.78 is 5.35. The summed E-state index contributed by atoms with van der Waals surface area (Å²) in [7, 11) is 0. The van der Waals surface area contributed by atoms with Crippen molar-refractivity contribution < 1.29 is 9.63 Å². The Labute approximate surface area is 101 Å². The van der Waals surface area contributed by atoms with Gasteiger partial charge in [0.05, 0.1) is 12.0 Å². The lowest BCUT2D eigenvalue weighted by Crippen LogP contribution is -2.12. The number of aromatic nitrogens is 2. The number of aliphatic hydroxyl groups is 1. The van der Waals surface area contributed by atoms with Crippen molar-refractivity contribution in [2.24, 2.45) is 0 Å². The van der Waals surface area contributed by atoms with E-state index in [9.17, 15) is 5.11 Å². The van der Waals surface area contributed by atoms with E-state index in [2.05, 4.69) is 10.1 Å². The molecule has 2 atom stereocenters. The summed E-state index contributed by atoms with van der Waals surface area (Å²) in [5.41, 5.74) is 0. The molecule has 0 radical (unpaired) electrons. The average Bonchev–Trinajstić information content (AvgIpc) is 2.98. The van der Waals surface area contributed by atoms with Crippen LogP contribution >= 0.6 is 0 Å². The number of aliphatic hydroxyl groups excluding tert-OH is 1. The molecule has 0 amide bonds. The molecular weight excluding hydrogens is 216 g/mol. The molecule has 1 aromatic rings. The molecule has 94 valence electrons. The molecule has 17 heavy (non-hydrogen) atoms. The van der Waals surface area contributed by atoms with Gasteiger partial charge in [-0.25, -0.2) is 0 Å². The van der Waals surface area contributed by atoms with Gasteiger partial charge < -0.3 is 9.63 Å². The highest BCUT2D eigenvalue weighted by molar-refractivity contribution is 5.03. The van der Waals surface area contributed by atoms with Crippen molar-refractivity contribution >= 4 is 0 Å². The largest absolute Gasteiger partial charge is 0.392 e. The monoisotopic (exact) mass is 236 g/mol. The van der Waals surface area contributed by atoms with Crippen molar-refractivity contribution in [2.45, 2.75) is 69.3 Å². The second-order valence-electron chi connectivity index (χ2n) is 5.43. The summed E-state index contributed by atoms with van der Waals surface area (Å²) in [4.78, 5) is 4.53. The number of hydrogen-bond acceptors (Lipinski definition) is 4. The maximum absolute atomic E-state index is 9.83. The molecule has 0 aromatic carbocycles. The zero-order valence-corrected chi connectivity index (χ0v) is 10.1. The number of nitrogens with zero attached hydrogens (tertiary/aromatic N) is 2. The number of hydrogen-bond donors (Lipinski definition) is 1. The van der Waals surface area contributed by atoms with Crippen LogP contribution in [0.25, 0.3) is 0 Å². The average molecular weight is 236 g/mol. The highest BCUT2D eigenvalue weighted by Gasteiger charge is 2.32. The molecule has 2 unspecified atom stereocenters. The van der Waals surface area contributed by atoms with Gasteiger partial charge in [0.2, 0.25) is 5.89 Å². The van der Waals surface area contributed by atoms with Crippen LogP contribution in [0.2, 0.25) is 0 Å². The van der Waals surface area contributed by atoms with E-state index < -0.39 is 0 Å². The van der Waals surface area contributed by atoms with E-state index in [0.717, 1.165) is 25.1 Å². The molecule has 2 aliphatic carbocycles. The molecule has 2 saturated carbocycles. The molecule has 0 saturated heterocycles. The minimum atomic E-state index is -0.283. The lowest BCUT2D eigenvalue weighted by molar-refractivity contribution is 0.148. The third kappa shape index (κ3) is 2.23. The van der Waals surface area contributed by atoms with Gasteiger partial charge in [-0.2, -0.15) is 4.98 Å². The number of rotatable bonds is 2. The van der Waals surface area contributed by atoms with Crippen LogP contribution in [0.15, 0.2) is 4.52 Å². The zero-order chi connectivity index (χ0) is 11.7. The van der Waals surface area contributed by atoms with Gasteiger partial charge in [0.15, 0.2) is 5.82 Å². The summed E-state index contributed by atoms with van der Waals surface area (Å²) in [6.07, 6.45) is 8.89. The molecule has 2 aliphatic rings. The topological polar surface area (TPSA) is 59.2 Å². The smallest absolute Gasteiger partial charge is 0.232 e. The summed E-state index contributed by atoms with van der Waals surface area (Å²) in [5.74, 6) is 2.11. The van der Waals surface area contributed by atoms with Crippen LogP contribution in [0.1, 0.15) is 74.9 Å². The quantitative estimate of drug-likeness (QED) is 0.857. The van der Waals surface area contributed by atoms with Crippen molar-refractivity contribution in [2.75, 3.05) is 0 Å². The first-order valence-electron chi connectivity index (χ1n) is 6.86. The van der Waals surface area contributed by atoms with E-state index in [1.165, 1.54) is 32.1 Å². The maximum atomic E-state index is 9.83. The summed E-state index contributed by atoms with van der Waals surface area (Å²) in [6, 6.07) is 0.